The number of ether oxygens (including phenoxy) is 2. The van der Waals surface area contributed by atoms with Gasteiger partial charge in [-0.1, -0.05) is 0 Å². The van der Waals surface area contributed by atoms with E-state index in [1.54, 1.807) is 18.2 Å². The summed E-state index contributed by atoms with van der Waals surface area (Å²) in [6.45, 7) is 0. The summed E-state index contributed by atoms with van der Waals surface area (Å²) in [4.78, 5) is 0. The van der Waals surface area contributed by atoms with Crippen molar-refractivity contribution in [2.75, 3.05) is 14.2 Å². The highest BCUT2D eigenvalue weighted by Gasteiger charge is 2.03. The van der Waals surface area contributed by atoms with Gasteiger partial charge in [0.15, 0.2) is 0 Å². The molecule has 5 nitrogen and oxygen atoms in total. The number of rotatable bonds is 4. The Morgan fingerprint density at radius 1 is 1.25 bits per heavy atom. The minimum absolute atomic E-state index is 0.513. The first-order valence-electron chi connectivity index (χ1n) is 4.39. The standard InChI is InChI=1S/C10H13NO4S/c1-14-9-4-3-8(10(7-9)15-2)5-6-16(11,12)13/h3-7H,1-2H3,(H2,11,12,13)/b6-5+. The maximum Gasteiger partial charge on any atom is 0.231 e. The van der Waals surface area contributed by atoms with E-state index in [4.69, 9.17) is 14.6 Å². The Morgan fingerprint density at radius 2 is 1.94 bits per heavy atom. The predicted octanol–water partition coefficient (Wildman–Crippen LogP) is 0.963. The molecule has 0 amide bonds. The van der Waals surface area contributed by atoms with E-state index in [-0.39, 0.29) is 0 Å². The van der Waals surface area contributed by atoms with Gasteiger partial charge in [0.25, 0.3) is 0 Å². The third kappa shape index (κ3) is 3.56. The zero-order chi connectivity index (χ0) is 12.2. The monoisotopic (exact) mass is 243 g/mol. The molecule has 88 valence electrons. The number of hydrogen-bond donors (Lipinski definition) is 1. The molecule has 0 saturated carbocycles. The van der Waals surface area contributed by atoms with Crippen LogP contribution in [0, 0.1) is 0 Å². The van der Waals surface area contributed by atoms with Gasteiger partial charge in [-0.25, -0.2) is 13.6 Å². The van der Waals surface area contributed by atoms with Crippen LogP contribution in [0.4, 0.5) is 0 Å². The number of methoxy groups -OCH3 is 2. The number of primary sulfonamides is 1. The molecule has 1 aromatic rings. The van der Waals surface area contributed by atoms with Crippen molar-refractivity contribution >= 4 is 16.1 Å². The Morgan fingerprint density at radius 3 is 2.44 bits per heavy atom. The second-order valence-electron chi connectivity index (χ2n) is 3.00. The lowest BCUT2D eigenvalue weighted by atomic mass is 10.2. The quantitative estimate of drug-likeness (QED) is 0.854. The summed E-state index contributed by atoms with van der Waals surface area (Å²) in [6.07, 6.45) is 1.37. The van der Waals surface area contributed by atoms with Gasteiger partial charge >= 0.3 is 0 Å². The van der Waals surface area contributed by atoms with Crippen molar-refractivity contribution < 1.29 is 17.9 Å². The van der Waals surface area contributed by atoms with E-state index in [0.29, 0.717) is 17.1 Å². The summed E-state index contributed by atoms with van der Waals surface area (Å²) in [6, 6.07) is 5.04. The van der Waals surface area contributed by atoms with Gasteiger partial charge in [0, 0.05) is 17.0 Å². The van der Waals surface area contributed by atoms with Crippen LogP contribution in [0.3, 0.4) is 0 Å². The molecule has 0 fully saturated rings. The fourth-order valence-corrected chi connectivity index (χ4v) is 1.46. The van der Waals surface area contributed by atoms with Crippen LogP contribution in [-0.2, 0) is 10.0 Å². The van der Waals surface area contributed by atoms with Gasteiger partial charge in [0.05, 0.1) is 14.2 Å². The highest BCUT2D eigenvalue weighted by molar-refractivity contribution is 7.92. The van der Waals surface area contributed by atoms with Crippen LogP contribution in [-0.4, -0.2) is 22.6 Å². The van der Waals surface area contributed by atoms with Crippen molar-refractivity contribution in [1.29, 1.82) is 0 Å². The second-order valence-corrected chi connectivity index (χ2v) is 4.45. The molecule has 0 aromatic heterocycles. The van der Waals surface area contributed by atoms with Crippen LogP contribution >= 0.6 is 0 Å². The minimum Gasteiger partial charge on any atom is -0.497 e. The van der Waals surface area contributed by atoms with Crippen molar-refractivity contribution in [3.63, 3.8) is 0 Å². The molecule has 2 N–H and O–H groups in total. The summed E-state index contributed by atoms with van der Waals surface area (Å²) in [5.41, 5.74) is 0.609. The molecule has 0 saturated heterocycles. The summed E-state index contributed by atoms with van der Waals surface area (Å²) >= 11 is 0. The third-order valence-electron chi connectivity index (χ3n) is 1.88. The van der Waals surface area contributed by atoms with Gasteiger partial charge in [-0.2, -0.15) is 0 Å². The van der Waals surface area contributed by atoms with Gasteiger partial charge in [-0.3, -0.25) is 0 Å². The van der Waals surface area contributed by atoms with Crippen LogP contribution in [0.25, 0.3) is 6.08 Å². The fourth-order valence-electron chi connectivity index (χ4n) is 1.12. The first-order chi connectivity index (χ1) is 7.46. The van der Waals surface area contributed by atoms with Gasteiger partial charge in [-0.05, 0) is 18.2 Å². The molecule has 1 aromatic carbocycles. The van der Waals surface area contributed by atoms with Crippen LogP contribution in [0.2, 0.25) is 0 Å². The molecule has 16 heavy (non-hydrogen) atoms. The van der Waals surface area contributed by atoms with E-state index in [1.807, 2.05) is 0 Å². The van der Waals surface area contributed by atoms with Gasteiger partial charge in [-0.15, -0.1) is 0 Å². The normalized spacial score (nSPS) is 11.7. The molecule has 0 spiro atoms. The Labute approximate surface area is 94.5 Å². The van der Waals surface area contributed by atoms with E-state index in [2.05, 4.69) is 0 Å². The smallest absolute Gasteiger partial charge is 0.231 e. The van der Waals surface area contributed by atoms with Crippen LogP contribution in [0.1, 0.15) is 5.56 Å². The molecule has 0 unspecified atom stereocenters. The number of hydrogen-bond acceptors (Lipinski definition) is 4. The van der Waals surface area contributed by atoms with E-state index in [0.717, 1.165) is 5.41 Å². The van der Waals surface area contributed by atoms with E-state index in [9.17, 15) is 8.42 Å². The summed E-state index contributed by atoms with van der Waals surface area (Å²) in [7, 11) is -0.605. The average molecular weight is 243 g/mol. The Kier molecular flexibility index (Phi) is 3.92. The van der Waals surface area contributed by atoms with Crippen LogP contribution in [0.5, 0.6) is 11.5 Å². The zero-order valence-corrected chi connectivity index (χ0v) is 9.82. The third-order valence-corrected chi connectivity index (χ3v) is 2.39. The maximum absolute atomic E-state index is 10.8. The molecule has 0 aliphatic carbocycles. The first kappa shape index (κ1) is 12.5. The number of sulfonamides is 1. The largest absolute Gasteiger partial charge is 0.497 e. The lowest BCUT2D eigenvalue weighted by Crippen LogP contribution is -2.06. The Bertz CT molecular complexity index is 494. The molecular formula is C10H13NO4S. The average Bonchev–Trinajstić information content (AvgIpc) is 2.25. The van der Waals surface area contributed by atoms with E-state index < -0.39 is 10.0 Å². The lowest BCUT2D eigenvalue weighted by molar-refractivity contribution is 0.394. The van der Waals surface area contributed by atoms with Crippen molar-refractivity contribution in [2.24, 2.45) is 5.14 Å². The lowest BCUT2D eigenvalue weighted by Gasteiger charge is -2.06. The van der Waals surface area contributed by atoms with Crippen LogP contribution < -0.4 is 14.6 Å². The maximum atomic E-state index is 10.8. The second kappa shape index (κ2) is 5.00. The molecule has 1 rings (SSSR count). The summed E-state index contributed by atoms with van der Waals surface area (Å²) < 4.78 is 31.6. The SMILES string of the molecule is COc1ccc(/C=C/S(N)(=O)=O)c(OC)c1. The minimum atomic E-state index is -3.63. The molecule has 0 heterocycles. The molecule has 0 aliphatic rings. The topological polar surface area (TPSA) is 78.6 Å². The van der Waals surface area contributed by atoms with E-state index in [1.165, 1.54) is 20.3 Å². The van der Waals surface area contributed by atoms with Gasteiger partial charge < -0.3 is 9.47 Å². The van der Waals surface area contributed by atoms with Crippen LogP contribution in [0.15, 0.2) is 23.6 Å². The highest BCUT2D eigenvalue weighted by Crippen LogP contribution is 2.25. The molecule has 0 bridgehead atoms. The number of benzene rings is 1. The zero-order valence-electron chi connectivity index (χ0n) is 9.01. The van der Waals surface area contributed by atoms with Gasteiger partial charge in [0.1, 0.15) is 11.5 Å². The van der Waals surface area contributed by atoms with Crippen molar-refractivity contribution in [1.82, 2.24) is 0 Å². The molecule has 6 heteroatoms. The molecular weight excluding hydrogens is 230 g/mol. The Balaban J connectivity index is 3.10. The fraction of sp³-hybridized carbons (Fsp3) is 0.200. The van der Waals surface area contributed by atoms with Crippen molar-refractivity contribution in [3.05, 3.63) is 29.2 Å². The number of nitrogens with two attached hydrogens (primary N) is 1. The van der Waals surface area contributed by atoms with Gasteiger partial charge in [0.2, 0.25) is 10.0 Å². The summed E-state index contributed by atoms with van der Waals surface area (Å²) in [5, 5.41) is 5.76. The molecule has 0 atom stereocenters. The Hall–Kier alpha value is -1.53. The molecule has 0 radical (unpaired) electrons. The summed E-state index contributed by atoms with van der Waals surface area (Å²) in [5.74, 6) is 1.14. The van der Waals surface area contributed by atoms with Crippen molar-refractivity contribution in [3.8, 4) is 11.5 Å². The van der Waals surface area contributed by atoms with Crippen molar-refractivity contribution in [2.45, 2.75) is 0 Å². The molecule has 0 aliphatic heterocycles. The highest BCUT2D eigenvalue weighted by atomic mass is 32.2. The van der Waals surface area contributed by atoms with E-state index >= 15 is 0 Å². The first-order valence-corrected chi connectivity index (χ1v) is 6.00. The predicted molar refractivity (Wildman–Crippen MR) is 61.7 cm³/mol.